The Kier molecular flexibility index (Phi) is 6.27. The molecule has 0 aromatic heterocycles. The van der Waals surface area contributed by atoms with Crippen LogP contribution in [0.3, 0.4) is 0 Å². The number of nitrogens with one attached hydrogen (secondary N) is 2. The number of carbonyl (C=O) groups is 1. The highest BCUT2D eigenvalue weighted by atomic mass is 32.2. The minimum atomic E-state index is -3.57. The second-order valence-corrected chi connectivity index (χ2v) is 7.52. The maximum absolute atomic E-state index is 12.9. The first-order chi connectivity index (χ1) is 11.8. The largest absolute Gasteiger partial charge is 0.326 e. The normalized spacial score (nSPS) is 12.6. The number of halogens is 1. The molecular formula is C18H21FN2O3S. The van der Waals surface area contributed by atoms with E-state index >= 15 is 0 Å². The standard InChI is InChI=1S/C18H21FN2O3S/c1-3-13(2)21-25(23,24)17-10-8-16(9-11-17)20-18(22)12-14-4-6-15(19)7-5-14/h4-11,13,21H,3,12H2,1-2H3,(H,20,22)/t13-/m0/s1. The Morgan fingerprint density at radius 1 is 1.08 bits per heavy atom. The zero-order valence-electron chi connectivity index (χ0n) is 14.1. The van der Waals surface area contributed by atoms with Crippen LogP contribution in [-0.2, 0) is 21.2 Å². The van der Waals surface area contributed by atoms with Crippen LogP contribution in [0.15, 0.2) is 53.4 Å². The van der Waals surface area contributed by atoms with E-state index in [0.29, 0.717) is 17.7 Å². The molecule has 2 aromatic carbocycles. The summed E-state index contributed by atoms with van der Waals surface area (Å²) in [4.78, 5) is 12.1. The zero-order valence-corrected chi connectivity index (χ0v) is 14.9. The molecule has 0 fully saturated rings. The van der Waals surface area contributed by atoms with Crippen molar-refractivity contribution in [2.75, 3.05) is 5.32 Å². The molecule has 1 amide bonds. The van der Waals surface area contributed by atoms with Crippen LogP contribution in [0, 0.1) is 5.82 Å². The molecule has 7 heteroatoms. The first-order valence-corrected chi connectivity index (χ1v) is 9.45. The fourth-order valence-corrected chi connectivity index (χ4v) is 3.45. The summed E-state index contributed by atoms with van der Waals surface area (Å²) in [5, 5.41) is 2.69. The molecule has 0 spiro atoms. The van der Waals surface area contributed by atoms with Crippen molar-refractivity contribution in [3.05, 3.63) is 59.9 Å². The van der Waals surface area contributed by atoms with E-state index in [1.165, 1.54) is 36.4 Å². The molecule has 2 N–H and O–H groups in total. The smallest absolute Gasteiger partial charge is 0.240 e. The van der Waals surface area contributed by atoms with E-state index in [1.807, 2.05) is 6.92 Å². The zero-order chi connectivity index (χ0) is 18.4. The Bertz CT molecular complexity index is 818. The van der Waals surface area contributed by atoms with E-state index in [-0.39, 0.29) is 29.1 Å². The van der Waals surface area contributed by atoms with Crippen LogP contribution in [0.5, 0.6) is 0 Å². The first kappa shape index (κ1) is 19.1. The van der Waals surface area contributed by atoms with Gasteiger partial charge in [0.1, 0.15) is 5.82 Å². The Morgan fingerprint density at radius 2 is 1.68 bits per heavy atom. The number of benzene rings is 2. The second kappa shape index (κ2) is 8.22. The van der Waals surface area contributed by atoms with Crippen LogP contribution >= 0.6 is 0 Å². The van der Waals surface area contributed by atoms with Crippen LogP contribution in [0.4, 0.5) is 10.1 Å². The molecule has 25 heavy (non-hydrogen) atoms. The average molecular weight is 364 g/mol. The molecule has 0 aliphatic rings. The van der Waals surface area contributed by atoms with Crippen LogP contribution in [0.2, 0.25) is 0 Å². The molecule has 0 saturated heterocycles. The van der Waals surface area contributed by atoms with E-state index in [1.54, 1.807) is 19.1 Å². The SMILES string of the molecule is CC[C@H](C)NS(=O)(=O)c1ccc(NC(=O)Cc2ccc(F)cc2)cc1. The Balaban J connectivity index is 2.00. The highest BCUT2D eigenvalue weighted by molar-refractivity contribution is 7.89. The average Bonchev–Trinajstić information content (AvgIpc) is 2.57. The lowest BCUT2D eigenvalue weighted by Crippen LogP contribution is -2.31. The van der Waals surface area contributed by atoms with Crippen molar-refractivity contribution in [2.24, 2.45) is 0 Å². The second-order valence-electron chi connectivity index (χ2n) is 5.81. The fourth-order valence-electron chi connectivity index (χ4n) is 2.13. The number of carbonyl (C=O) groups excluding carboxylic acids is 1. The van der Waals surface area contributed by atoms with Crippen molar-refractivity contribution in [1.29, 1.82) is 0 Å². The molecule has 2 aromatic rings. The van der Waals surface area contributed by atoms with E-state index < -0.39 is 10.0 Å². The van der Waals surface area contributed by atoms with E-state index in [2.05, 4.69) is 10.0 Å². The number of sulfonamides is 1. The summed E-state index contributed by atoms with van der Waals surface area (Å²) in [7, 11) is -3.57. The van der Waals surface area contributed by atoms with Crippen molar-refractivity contribution in [1.82, 2.24) is 4.72 Å². The van der Waals surface area contributed by atoms with Gasteiger partial charge in [-0.05, 0) is 55.3 Å². The summed E-state index contributed by atoms with van der Waals surface area (Å²) in [5.74, 6) is -0.619. The number of hydrogen-bond donors (Lipinski definition) is 2. The number of rotatable bonds is 7. The number of amides is 1. The molecule has 1 atom stereocenters. The first-order valence-electron chi connectivity index (χ1n) is 7.97. The highest BCUT2D eigenvalue weighted by Crippen LogP contribution is 2.15. The summed E-state index contributed by atoms with van der Waals surface area (Å²) in [6.45, 7) is 3.69. The maximum atomic E-state index is 12.9. The van der Waals surface area contributed by atoms with Gasteiger partial charge in [-0.1, -0.05) is 19.1 Å². The lowest BCUT2D eigenvalue weighted by molar-refractivity contribution is -0.115. The Hall–Kier alpha value is -2.25. The maximum Gasteiger partial charge on any atom is 0.240 e. The molecule has 5 nitrogen and oxygen atoms in total. The van der Waals surface area contributed by atoms with Gasteiger partial charge < -0.3 is 5.32 Å². The van der Waals surface area contributed by atoms with Gasteiger partial charge in [-0.25, -0.2) is 17.5 Å². The Labute approximate surface area is 147 Å². The van der Waals surface area contributed by atoms with Gasteiger partial charge >= 0.3 is 0 Å². The van der Waals surface area contributed by atoms with Crippen molar-refractivity contribution in [2.45, 2.75) is 37.6 Å². The fraction of sp³-hybridized carbons (Fsp3) is 0.278. The third-order valence-electron chi connectivity index (χ3n) is 3.70. The number of anilines is 1. The summed E-state index contributed by atoms with van der Waals surface area (Å²) in [6, 6.07) is 11.5. The molecule has 0 heterocycles. The van der Waals surface area contributed by atoms with Crippen molar-refractivity contribution < 1.29 is 17.6 Å². The van der Waals surface area contributed by atoms with Gasteiger partial charge in [0, 0.05) is 11.7 Å². The van der Waals surface area contributed by atoms with Crippen LogP contribution < -0.4 is 10.0 Å². The summed E-state index contributed by atoms with van der Waals surface area (Å²) in [6.07, 6.45) is 0.798. The van der Waals surface area contributed by atoms with Gasteiger partial charge in [0.2, 0.25) is 15.9 Å². The van der Waals surface area contributed by atoms with Crippen molar-refractivity contribution in [3.63, 3.8) is 0 Å². The third-order valence-corrected chi connectivity index (χ3v) is 5.30. The minimum Gasteiger partial charge on any atom is -0.326 e. The van der Waals surface area contributed by atoms with Crippen molar-refractivity contribution in [3.8, 4) is 0 Å². The van der Waals surface area contributed by atoms with Crippen LogP contribution in [-0.4, -0.2) is 20.4 Å². The molecule has 2 rings (SSSR count). The Morgan fingerprint density at radius 3 is 2.24 bits per heavy atom. The summed E-state index contributed by atoms with van der Waals surface area (Å²) < 4.78 is 39.8. The molecular weight excluding hydrogens is 343 g/mol. The molecule has 0 saturated carbocycles. The lowest BCUT2D eigenvalue weighted by Gasteiger charge is -2.12. The van der Waals surface area contributed by atoms with Gasteiger partial charge in [-0.15, -0.1) is 0 Å². The predicted octanol–water partition coefficient (Wildman–Crippen LogP) is 3.08. The summed E-state index contributed by atoms with van der Waals surface area (Å²) in [5.41, 5.74) is 1.19. The van der Waals surface area contributed by atoms with E-state index in [9.17, 15) is 17.6 Å². The van der Waals surface area contributed by atoms with Crippen molar-refractivity contribution >= 4 is 21.6 Å². The monoisotopic (exact) mass is 364 g/mol. The molecule has 134 valence electrons. The van der Waals surface area contributed by atoms with Gasteiger partial charge in [-0.3, -0.25) is 4.79 Å². The van der Waals surface area contributed by atoms with Gasteiger partial charge in [-0.2, -0.15) is 0 Å². The van der Waals surface area contributed by atoms with Crippen LogP contribution in [0.25, 0.3) is 0 Å². The molecule has 0 bridgehead atoms. The summed E-state index contributed by atoms with van der Waals surface area (Å²) >= 11 is 0. The van der Waals surface area contributed by atoms with E-state index in [4.69, 9.17) is 0 Å². The van der Waals surface area contributed by atoms with E-state index in [0.717, 1.165) is 0 Å². The van der Waals surface area contributed by atoms with Gasteiger partial charge in [0.25, 0.3) is 0 Å². The lowest BCUT2D eigenvalue weighted by atomic mass is 10.1. The molecule has 0 aliphatic heterocycles. The number of hydrogen-bond acceptors (Lipinski definition) is 3. The molecule has 0 radical (unpaired) electrons. The predicted molar refractivity (Wildman–Crippen MR) is 95.3 cm³/mol. The topological polar surface area (TPSA) is 75.3 Å². The van der Waals surface area contributed by atoms with Gasteiger partial charge in [0.05, 0.1) is 11.3 Å². The minimum absolute atomic E-state index is 0.107. The quantitative estimate of drug-likeness (QED) is 0.793. The van der Waals surface area contributed by atoms with Gasteiger partial charge in [0.15, 0.2) is 0 Å². The molecule has 0 unspecified atom stereocenters. The van der Waals surface area contributed by atoms with Crippen LogP contribution in [0.1, 0.15) is 25.8 Å². The highest BCUT2D eigenvalue weighted by Gasteiger charge is 2.16. The molecule has 0 aliphatic carbocycles. The third kappa shape index (κ3) is 5.65.